The van der Waals surface area contributed by atoms with Crippen molar-refractivity contribution in [1.82, 2.24) is 14.9 Å². The molecule has 0 radical (unpaired) electrons. The number of hydrogen-bond acceptors (Lipinski definition) is 5. The normalized spacial score (nSPS) is 11.0. The molecule has 0 aliphatic carbocycles. The number of nitrogens with zero attached hydrogens (tertiary/aromatic N) is 4. The van der Waals surface area contributed by atoms with Crippen LogP contribution < -0.4 is 5.56 Å². The first-order valence-corrected chi connectivity index (χ1v) is 7.00. The van der Waals surface area contributed by atoms with Crippen LogP contribution in [0.3, 0.4) is 0 Å². The number of aromatic hydroxyl groups is 1. The van der Waals surface area contributed by atoms with E-state index in [0.29, 0.717) is 11.4 Å². The maximum absolute atomic E-state index is 12.6. The molecule has 0 saturated carbocycles. The van der Waals surface area contributed by atoms with Crippen molar-refractivity contribution in [3.63, 3.8) is 0 Å². The van der Waals surface area contributed by atoms with Gasteiger partial charge in [-0.2, -0.15) is 9.78 Å². The summed E-state index contributed by atoms with van der Waals surface area (Å²) >= 11 is 0. The average molecular weight is 306 g/mol. The molecule has 0 fully saturated rings. The molecule has 3 rings (SSSR count). The van der Waals surface area contributed by atoms with Crippen molar-refractivity contribution in [3.05, 3.63) is 76.3 Å². The molecule has 1 aromatic heterocycles. The molecule has 114 valence electrons. The molecule has 0 aliphatic heterocycles. The van der Waals surface area contributed by atoms with Crippen LogP contribution in [0.4, 0.5) is 0 Å². The molecule has 6 nitrogen and oxygen atoms in total. The Morgan fingerprint density at radius 1 is 1.04 bits per heavy atom. The first kappa shape index (κ1) is 14.6. The van der Waals surface area contributed by atoms with Crippen molar-refractivity contribution in [1.29, 1.82) is 0 Å². The topological polar surface area (TPSA) is 80.4 Å². The number of rotatable bonds is 3. The first-order valence-electron chi connectivity index (χ1n) is 7.00. The highest BCUT2D eigenvalue weighted by atomic mass is 16.3. The van der Waals surface area contributed by atoms with Gasteiger partial charge in [0.25, 0.3) is 0 Å². The van der Waals surface area contributed by atoms with Crippen molar-refractivity contribution in [2.24, 2.45) is 5.10 Å². The van der Waals surface area contributed by atoms with E-state index < -0.39 is 0 Å². The fourth-order valence-corrected chi connectivity index (χ4v) is 2.05. The number of benzene rings is 2. The third kappa shape index (κ3) is 3.16. The second-order valence-corrected chi connectivity index (χ2v) is 4.91. The summed E-state index contributed by atoms with van der Waals surface area (Å²) in [6.45, 7) is 1.66. The number of aryl methyl sites for hydroxylation is 1. The van der Waals surface area contributed by atoms with Crippen molar-refractivity contribution in [3.8, 4) is 17.0 Å². The average Bonchev–Trinajstić information content (AvgIpc) is 2.57. The van der Waals surface area contributed by atoms with Crippen LogP contribution in [-0.4, -0.2) is 26.2 Å². The van der Waals surface area contributed by atoms with Gasteiger partial charge in [0, 0.05) is 5.56 Å². The zero-order valence-corrected chi connectivity index (χ0v) is 12.4. The molecule has 1 N–H and O–H groups in total. The van der Waals surface area contributed by atoms with Crippen molar-refractivity contribution < 1.29 is 5.11 Å². The monoisotopic (exact) mass is 306 g/mol. The highest BCUT2D eigenvalue weighted by molar-refractivity contribution is 5.79. The minimum atomic E-state index is -0.335. The summed E-state index contributed by atoms with van der Waals surface area (Å²) in [6.07, 6.45) is 1.53. The lowest BCUT2D eigenvalue weighted by Crippen LogP contribution is -2.23. The van der Waals surface area contributed by atoms with Gasteiger partial charge in [0.15, 0.2) is 11.5 Å². The third-order valence-corrected chi connectivity index (χ3v) is 3.26. The molecule has 0 atom stereocenters. The number of phenolic OH excluding ortho intramolecular Hbond substituents is 1. The predicted octanol–water partition coefficient (Wildman–Crippen LogP) is 2.20. The lowest BCUT2D eigenvalue weighted by Gasteiger charge is -2.05. The predicted molar refractivity (Wildman–Crippen MR) is 87.6 cm³/mol. The smallest absolute Gasteiger partial charge is 0.301 e. The van der Waals surface area contributed by atoms with Crippen molar-refractivity contribution in [2.75, 3.05) is 0 Å². The van der Waals surface area contributed by atoms with Gasteiger partial charge in [0.05, 0.1) is 6.21 Å². The Labute approximate surface area is 132 Å². The van der Waals surface area contributed by atoms with Gasteiger partial charge in [-0.1, -0.05) is 30.3 Å². The highest BCUT2D eigenvalue weighted by Gasteiger charge is 2.10. The quantitative estimate of drug-likeness (QED) is 0.752. The molecule has 6 heteroatoms. The Kier molecular flexibility index (Phi) is 3.97. The summed E-state index contributed by atoms with van der Waals surface area (Å²) in [7, 11) is 0. The third-order valence-electron chi connectivity index (χ3n) is 3.26. The number of hydrogen-bond donors (Lipinski definition) is 1. The molecule has 0 aliphatic rings. The van der Waals surface area contributed by atoms with Crippen LogP contribution in [0, 0.1) is 6.92 Å². The van der Waals surface area contributed by atoms with E-state index in [1.165, 1.54) is 10.9 Å². The standard InChI is InChI=1S/C17H14N4O2/c1-12-19-20-16(14-5-3-2-4-6-14)17(23)21(12)18-11-13-7-9-15(22)10-8-13/h2-11,22H,1H3/b18-11+. The number of phenols is 1. The van der Waals surface area contributed by atoms with Gasteiger partial charge < -0.3 is 5.11 Å². The molecule has 0 amide bonds. The highest BCUT2D eigenvalue weighted by Crippen LogP contribution is 2.11. The van der Waals surface area contributed by atoms with E-state index in [4.69, 9.17) is 0 Å². The first-order chi connectivity index (χ1) is 11.1. The van der Waals surface area contributed by atoms with Gasteiger partial charge in [0.1, 0.15) is 5.75 Å². The second kappa shape index (κ2) is 6.23. The zero-order valence-electron chi connectivity index (χ0n) is 12.4. The van der Waals surface area contributed by atoms with Gasteiger partial charge in [-0.05, 0) is 36.8 Å². The van der Waals surface area contributed by atoms with Gasteiger partial charge in [-0.3, -0.25) is 4.79 Å². The molecule has 0 unspecified atom stereocenters. The van der Waals surface area contributed by atoms with Crippen LogP contribution in [0.1, 0.15) is 11.4 Å². The van der Waals surface area contributed by atoms with Gasteiger partial charge in [-0.15, -0.1) is 10.2 Å². The van der Waals surface area contributed by atoms with E-state index in [0.717, 1.165) is 5.56 Å². The minimum Gasteiger partial charge on any atom is -0.508 e. The van der Waals surface area contributed by atoms with Gasteiger partial charge in [0.2, 0.25) is 0 Å². The molecule has 0 saturated heterocycles. The minimum absolute atomic E-state index is 0.174. The van der Waals surface area contributed by atoms with E-state index >= 15 is 0 Å². The fourth-order valence-electron chi connectivity index (χ4n) is 2.05. The Balaban J connectivity index is 2.02. The molecule has 0 bridgehead atoms. The van der Waals surface area contributed by atoms with E-state index in [-0.39, 0.29) is 17.0 Å². The Morgan fingerprint density at radius 2 is 1.74 bits per heavy atom. The summed E-state index contributed by atoms with van der Waals surface area (Å²) in [5.41, 5.74) is 1.36. The summed E-state index contributed by atoms with van der Waals surface area (Å²) < 4.78 is 1.21. The molecular weight excluding hydrogens is 292 g/mol. The molecule has 1 heterocycles. The van der Waals surface area contributed by atoms with Crippen LogP contribution in [0.5, 0.6) is 5.75 Å². The largest absolute Gasteiger partial charge is 0.508 e. The maximum atomic E-state index is 12.6. The Morgan fingerprint density at radius 3 is 2.43 bits per heavy atom. The van der Waals surface area contributed by atoms with E-state index in [1.807, 2.05) is 18.2 Å². The molecule has 23 heavy (non-hydrogen) atoms. The summed E-state index contributed by atoms with van der Waals surface area (Å²) in [5.74, 6) is 0.567. The summed E-state index contributed by atoms with van der Waals surface area (Å²) in [5, 5.41) is 21.4. The lowest BCUT2D eigenvalue weighted by molar-refractivity contribution is 0.475. The summed E-state index contributed by atoms with van der Waals surface area (Å²) in [4.78, 5) is 12.6. The van der Waals surface area contributed by atoms with Crippen LogP contribution in [-0.2, 0) is 0 Å². The molecule has 3 aromatic rings. The van der Waals surface area contributed by atoms with Gasteiger partial charge in [-0.25, -0.2) is 0 Å². The molecular formula is C17H14N4O2. The van der Waals surface area contributed by atoms with Crippen molar-refractivity contribution in [2.45, 2.75) is 6.92 Å². The fraction of sp³-hybridized carbons (Fsp3) is 0.0588. The zero-order chi connectivity index (χ0) is 16.2. The Bertz CT molecular complexity index is 900. The summed E-state index contributed by atoms with van der Waals surface area (Å²) in [6, 6.07) is 15.6. The van der Waals surface area contributed by atoms with E-state index in [9.17, 15) is 9.90 Å². The van der Waals surface area contributed by atoms with Crippen LogP contribution in [0.2, 0.25) is 0 Å². The SMILES string of the molecule is Cc1nnc(-c2ccccc2)c(=O)n1/N=C/c1ccc(O)cc1. The van der Waals surface area contributed by atoms with E-state index in [2.05, 4.69) is 15.3 Å². The number of aromatic nitrogens is 3. The maximum Gasteiger partial charge on any atom is 0.301 e. The second-order valence-electron chi connectivity index (χ2n) is 4.91. The Hall–Kier alpha value is -3.28. The van der Waals surface area contributed by atoms with Crippen molar-refractivity contribution >= 4 is 6.21 Å². The van der Waals surface area contributed by atoms with Crippen LogP contribution >= 0.6 is 0 Å². The van der Waals surface area contributed by atoms with E-state index in [1.54, 1.807) is 43.3 Å². The van der Waals surface area contributed by atoms with Crippen LogP contribution in [0.25, 0.3) is 11.3 Å². The lowest BCUT2D eigenvalue weighted by atomic mass is 10.2. The van der Waals surface area contributed by atoms with Crippen LogP contribution in [0.15, 0.2) is 64.5 Å². The molecule has 2 aromatic carbocycles. The molecule has 0 spiro atoms. The van der Waals surface area contributed by atoms with Gasteiger partial charge >= 0.3 is 5.56 Å².